The third-order valence-electron chi connectivity index (χ3n) is 6.89. The summed E-state index contributed by atoms with van der Waals surface area (Å²) >= 11 is 0. The van der Waals surface area contributed by atoms with E-state index >= 15 is 0 Å². The van der Waals surface area contributed by atoms with Gasteiger partial charge < -0.3 is 10.2 Å². The third kappa shape index (κ3) is 1.24. The van der Waals surface area contributed by atoms with Crippen LogP contribution in [0.5, 0.6) is 0 Å². The summed E-state index contributed by atoms with van der Waals surface area (Å²) in [6.07, 6.45) is 5.75. The van der Waals surface area contributed by atoms with E-state index in [1.54, 1.807) is 0 Å². The summed E-state index contributed by atoms with van der Waals surface area (Å²) in [6.45, 7) is 7.00. The van der Waals surface area contributed by atoms with Crippen LogP contribution in [0, 0.1) is 28.6 Å². The average molecular weight is 238 g/mol. The molecule has 2 bridgehead atoms. The first-order valence-corrected chi connectivity index (χ1v) is 7.20. The molecule has 17 heavy (non-hydrogen) atoms. The summed E-state index contributed by atoms with van der Waals surface area (Å²) in [5, 5.41) is 20.3. The van der Waals surface area contributed by atoms with E-state index in [0.717, 1.165) is 31.1 Å². The predicted molar refractivity (Wildman–Crippen MR) is 67.5 cm³/mol. The highest BCUT2D eigenvalue weighted by molar-refractivity contribution is 5.17. The van der Waals surface area contributed by atoms with E-state index in [4.69, 9.17) is 0 Å². The fraction of sp³-hybridized carbons (Fsp3) is 1.00. The van der Waals surface area contributed by atoms with Crippen LogP contribution < -0.4 is 0 Å². The van der Waals surface area contributed by atoms with E-state index in [2.05, 4.69) is 20.8 Å². The summed E-state index contributed by atoms with van der Waals surface area (Å²) < 4.78 is 0. The van der Waals surface area contributed by atoms with Gasteiger partial charge in [0, 0.05) is 0 Å². The first-order valence-electron chi connectivity index (χ1n) is 7.20. The van der Waals surface area contributed by atoms with Gasteiger partial charge in [-0.05, 0) is 60.7 Å². The Labute approximate surface area is 104 Å². The summed E-state index contributed by atoms with van der Waals surface area (Å²) in [7, 11) is 0. The van der Waals surface area contributed by atoms with Gasteiger partial charge in [-0.3, -0.25) is 0 Å². The smallest absolute Gasteiger partial charge is 0.0910 e. The first-order chi connectivity index (χ1) is 7.87. The Morgan fingerprint density at radius 2 is 1.82 bits per heavy atom. The van der Waals surface area contributed by atoms with Crippen molar-refractivity contribution >= 4 is 0 Å². The van der Waals surface area contributed by atoms with Crippen molar-refractivity contribution in [3.05, 3.63) is 0 Å². The number of aliphatic hydroxyl groups is 2. The molecule has 3 rings (SSSR count). The SMILES string of the molecule is C[C@@H]1CC[C@H]2C(C)(C)C3C[C@]12CC[C@]3(O)CO. The molecule has 2 nitrogen and oxygen atoms in total. The van der Waals surface area contributed by atoms with Crippen molar-refractivity contribution in [2.45, 2.75) is 58.5 Å². The van der Waals surface area contributed by atoms with Crippen LogP contribution in [0.4, 0.5) is 0 Å². The van der Waals surface area contributed by atoms with Gasteiger partial charge in [-0.25, -0.2) is 0 Å². The Kier molecular flexibility index (Phi) is 2.30. The van der Waals surface area contributed by atoms with Crippen LogP contribution in [-0.2, 0) is 0 Å². The van der Waals surface area contributed by atoms with Crippen molar-refractivity contribution in [3.8, 4) is 0 Å². The molecule has 0 aliphatic heterocycles. The van der Waals surface area contributed by atoms with Crippen LogP contribution in [0.15, 0.2) is 0 Å². The largest absolute Gasteiger partial charge is 0.393 e. The second-order valence-corrected chi connectivity index (χ2v) is 7.60. The van der Waals surface area contributed by atoms with E-state index in [9.17, 15) is 10.2 Å². The first kappa shape index (κ1) is 12.0. The highest BCUT2D eigenvalue weighted by Crippen LogP contribution is 2.73. The fourth-order valence-electron chi connectivity index (χ4n) is 5.90. The molecule has 5 atom stereocenters. The summed E-state index contributed by atoms with van der Waals surface area (Å²) in [4.78, 5) is 0. The van der Waals surface area contributed by atoms with E-state index in [-0.39, 0.29) is 12.0 Å². The molecule has 0 aromatic heterocycles. The van der Waals surface area contributed by atoms with Gasteiger partial charge in [0.1, 0.15) is 0 Å². The molecule has 2 heteroatoms. The molecule has 98 valence electrons. The van der Waals surface area contributed by atoms with Crippen molar-refractivity contribution in [3.63, 3.8) is 0 Å². The zero-order valence-corrected chi connectivity index (χ0v) is 11.4. The van der Waals surface area contributed by atoms with Crippen LogP contribution in [0.1, 0.15) is 52.9 Å². The molecule has 3 aliphatic carbocycles. The Hall–Kier alpha value is -0.0800. The normalized spacial score (nSPS) is 55.9. The van der Waals surface area contributed by atoms with Crippen LogP contribution in [0.25, 0.3) is 0 Å². The van der Waals surface area contributed by atoms with Crippen LogP contribution in [0.2, 0.25) is 0 Å². The van der Waals surface area contributed by atoms with Gasteiger partial charge in [-0.2, -0.15) is 0 Å². The summed E-state index contributed by atoms with van der Waals surface area (Å²) in [5.74, 6) is 1.86. The number of aliphatic hydroxyl groups excluding tert-OH is 1. The maximum Gasteiger partial charge on any atom is 0.0910 e. The molecular formula is C15H26O2. The van der Waals surface area contributed by atoms with E-state index in [1.807, 2.05) is 0 Å². The van der Waals surface area contributed by atoms with Gasteiger partial charge in [0.25, 0.3) is 0 Å². The molecular weight excluding hydrogens is 212 g/mol. The van der Waals surface area contributed by atoms with E-state index in [0.29, 0.717) is 11.3 Å². The van der Waals surface area contributed by atoms with Gasteiger partial charge in [0.2, 0.25) is 0 Å². The lowest BCUT2D eigenvalue weighted by molar-refractivity contribution is -0.115. The van der Waals surface area contributed by atoms with Gasteiger partial charge >= 0.3 is 0 Å². The fourth-order valence-corrected chi connectivity index (χ4v) is 5.90. The lowest BCUT2D eigenvalue weighted by Crippen LogP contribution is -2.49. The second kappa shape index (κ2) is 3.27. The third-order valence-corrected chi connectivity index (χ3v) is 6.89. The molecule has 1 unspecified atom stereocenters. The molecule has 0 amide bonds. The monoisotopic (exact) mass is 238 g/mol. The van der Waals surface area contributed by atoms with Gasteiger partial charge in [-0.15, -0.1) is 0 Å². The molecule has 0 aromatic rings. The highest BCUT2D eigenvalue weighted by Gasteiger charge is 2.68. The molecule has 0 saturated heterocycles. The van der Waals surface area contributed by atoms with Crippen LogP contribution >= 0.6 is 0 Å². The predicted octanol–water partition coefficient (Wildman–Crippen LogP) is 2.58. The van der Waals surface area contributed by atoms with E-state index in [1.165, 1.54) is 12.8 Å². The second-order valence-electron chi connectivity index (χ2n) is 7.60. The minimum absolute atomic E-state index is 0.0573. The number of hydrogen-bond acceptors (Lipinski definition) is 2. The Morgan fingerprint density at radius 1 is 1.12 bits per heavy atom. The molecule has 0 heterocycles. The summed E-state index contributed by atoms with van der Waals surface area (Å²) in [5.41, 5.74) is -0.132. The number of fused-ring (bicyclic) bond motifs is 1. The van der Waals surface area contributed by atoms with Crippen molar-refractivity contribution in [1.82, 2.24) is 0 Å². The Morgan fingerprint density at radius 3 is 2.47 bits per heavy atom. The summed E-state index contributed by atoms with van der Waals surface area (Å²) in [6, 6.07) is 0. The maximum absolute atomic E-state index is 10.7. The zero-order chi connectivity index (χ0) is 12.5. The molecule has 3 saturated carbocycles. The lowest BCUT2D eigenvalue weighted by atomic mass is 9.64. The topological polar surface area (TPSA) is 40.5 Å². The molecule has 3 aliphatic rings. The molecule has 2 N–H and O–H groups in total. The van der Waals surface area contributed by atoms with Gasteiger partial charge in [-0.1, -0.05) is 20.8 Å². The standard InChI is InChI=1S/C15H26O2/c1-10-4-5-11-13(2,3)12-8-14(10,11)6-7-15(12,17)9-16/h10-12,16-17H,4-9H2,1-3H3/t10-,11+,12?,14-,15+/m1/s1. The Balaban J connectivity index is 2.04. The highest BCUT2D eigenvalue weighted by atomic mass is 16.3. The van der Waals surface area contributed by atoms with Crippen LogP contribution in [-0.4, -0.2) is 22.4 Å². The molecule has 3 fully saturated rings. The Bertz CT molecular complexity index is 338. The number of rotatable bonds is 1. The van der Waals surface area contributed by atoms with Gasteiger partial charge in [0.05, 0.1) is 12.2 Å². The van der Waals surface area contributed by atoms with Gasteiger partial charge in [0.15, 0.2) is 0 Å². The zero-order valence-electron chi connectivity index (χ0n) is 11.4. The average Bonchev–Trinajstić information content (AvgIpc) is 2.70. The minimum atomic E-state index is -0.807. The lowest BCUT2D eigenvalue weighted by Gasteiger charge is -2.45. The maximum atomic E-state index is 10.7. The molecule has 0 radical (unpaired) electrons. The van der Waals surface area contributed by atoms with Crippen molar-refractivity contribution in [1.29, 1.82) is 0 Å². The van der Waals surface area contributed by atoms with E-state index < -0.39 is 5.60 Å². The molecule has 0 aromatic carbocycles. The van der Waals surface area contributed by atoms with Crippen molar-refractivity contribution < 1.29 is 10.2 Å². The van der Waals surface area contributed by atoms with Crippen molar-refractivity contribution in [2.24, 2.45) is 28.6 Å². The van der Waals surface area contributed by atoms with Crippen molar-refractivity contribution in [2.75, 3.05) is 6.61 Å². The minimum Gasteiger partial charge on any atom is -0.393 e. The van der Waals surface area contributed by atoms with Crippen LogP contribution in [0.3, 0.4) is 0 Å². The quantitative estimate of drug-likeness (QED) is 0.737. The molecule has 1 spiro atoms. The number of hydrogen-bond donors (Lipinski definition) is 2.